The molecule has 0 fully saturated rings. The van der Waals surface area contributed by atoms with Crippen LogP contribution in [0.25, 0.3) is 82.8 Å². The topological polar surface area (TPSA) is 8.17 Å². The maximum atomic E-state index is 2.46. The maximum Gasteiger partial charge on any atom is 0.0547 e. The predicted molar refractivity (Wildman–Crippen MR) is 267 cm³/mol. The molecule has 0 bridgehead atoms. The van der Waals surface area contributed by atoms with E-state index in [1.54, 1.807) is 0 Å². The van der Waals surface area contributed by atoms with Crippen LogP contribution in [0.4, 0.5) is 17.1 Å². The molecule has 1 aliphatic rings. The van der Waals surface area contributed by atoms with Crippen LogP contribution in [0.2, 0.25) is 0 Å². The first-order valence-electron chi connectivity index (χ1n) is 21.9. The molecular weight excluding hydrogens is 761 g/mol. The highest BCUT2D eigenvalue weighted by molar-refractivity contribution is 6.25. The average Bonchev–Trinajstić information content (AvgIpc) is 3.81. The summed E-state index contributed by atoms with van der Waals surface area (Å²) in [6.07, 6.45) is 0. The molecule has 63 heavy (non-hydrogen) atoms. The van der Waals surface area contributed by atoms with Gasteiger partial charge in [0.1, 0.15) is 0 Å². The van der Waals surface area contributed by atoms with Crippen LogP contribution in [0.15, 0.2) is 231 Å². The molecule has 2 heteroatoms. The van der Waals surface area contributed by atoms with Gasteiger partial charge >= 0.3 is 0 Å². The Hall–Kier alpha value is -7.94. The number of hydrogen-bond acceptors (Lipinski definition) is 1. The number of anilines is 3. The zero-order chi connectivity index (χ0) is 42.1. The molecule has 0 atom stereocenters. The monoisotopic (exact) mass is 804 g/mol. The van der Waals surface area contributed by atoms with Crippen LogP contribution in [-0.2, 0) is 5.41 Å². The van der Waals surface area contributed by atoms with Gasteiger partial charge in [-0.1, -0.05) is 190 Å². The first-order valence-corrected chi connectivity index (χ1v) is 21.9. The highest BCUT2D eigenvalue weighted by atomic mass is 15.1. The highest BCUT2D eigenvalue weighted by Crippen LogP contribution is 2.51. The van der Waals surface area contributed by atoms with Crippen molar-refractivity contribution in [1.29, 1.82) is 0 Å². The fraction of sp³-hybridized carbons (Fsp3) is 0.0492. The lowest BCUT2D eigenvalue weighted by Gasteiger charge is -2.30. The molecular formula is C61H44N2. The molecule has 1 aromatic heterocycles. The first-order chi connectivity index (χ1) is 31.0. The summed E-state index contributed by atoms with van der Waals surface area (Å²) in [5.74, 6) is 0. The van der Waals surface area contributed by atoms with Crippen LogP contribution >= 0.6 is 0 Å². The zero-order valence-electron chi connectivity index (χ0n) is 35.3. The minimum Gasteiger partial charge on any atom is -0.310 e. The van der Waals surface area contributed by atoms with Crippen molar-refractivity contribution in [3.05, 3.63) is 242 Å². The van der Waals surface area contributed by atoms with Gasteiger partial charge in [-0.05, 0) is 115 Å². The van der Waals surface area contributed by atoms with E-state index in [1.807, 2.05) is 0 Å². The van der Waals surface area contributed by atoms with Gasteiger partial charge in [0.15, 0.2) is 0 Å². The summed E-state index contributed by atoms with van der Waals surface area (Å²) in [5.41, 5.74) is 19.3. The van der Waals surface area contributed by atoms with Crippen LogP contribution in [-0.4, -0.2) is 4.57 Å². The molecule has 10 aromatic carbocycles. The van der Waals surface area contributed by atoms with Gasteiger partial charge in [0.05, 0.1) is 16.7 Å². The lowest BCUT2D eigenvalue weighted by atomic mass is 9.82. The molecule has 12 rings (SSSR count). The second kappa shape index (κ2) is 14.6. The number of nitrogens with zero attached hydrogens (tertiary/aromatic N) is 2. The molecule has 0 unspecified atom stereocenters. The van der Waals surface area contributed by atoms with Gasteiger partial charge in [-0.2, -0.15) is 0 Å². The molecule has 1 heterocycles. The Morgan fingerprint density at radius 2 is 0.952 bits per heavy atom. The van der Waals surface area contributed by atoms with Crippen LogP contribution in [0, 0.1) is 0 Å². The van der Waals surface area contributed by atoms with Gasteiger partial charge < -0.3 is 9.47 Å². The molecule has 0 aliphatic heterocycles. The summed E-state index contributed by atoms with van der Waals surface area (Å²) in [6.45, 7) is 4.72. The van der Waals surface area contributed by atoms with E-state index in [0.29, 0.717) is 0 Å². The summed E-state index contributed by atoms with van der Waals surface area (Å²) in [5, 5.41) is 5.06. The normalized spacial score (nSPS) is 12.7. The molecule has 1 aliphatic carbocycles. The Labute approximate surface area is 368 Å². The number of benzene rings is 10. The Bertz CT molecular complexity index is 3540. The highest BCUT2D eigenvalue weighted by Gasteiger charge is 2.36. The van der Waals surface area contributed by atoms with Crippen LogP contribution in [0.5, 0.6) is 0 Å². The van der Waals surface area contributed by atoms with E-state index in [-0.39, 0.29) is 5.41 Å². The number of rotatable bonds is 7. The second-order valence-corrected chi connectivity index (χ2v) is 17.3. The standard InChI is InChI=1S/C61H44N2/c1-61(2)54-31-13-11-29-52(54)53-36-35-48(40-55(53)61)62(56-32-14-12-27-49(56)41-18-5-3-6-19-41)46-25-15-23-44(38-46)45-24-16-26-47(39-45)63-57-33-17-30-51(42-20-7-4-8-21-42)59(57)60-50-28-10-9-22-43(50)34-37-58(60)63/h3-40H,1-2H3. The Kier molecular flexibility index (Phi) is 8.55. The van der Waals surface area contributed by atoms with E-state index < -0.39 is 0 Å². The van der Waals surface area contributed by atoms with Crippen molar-refractivity contribution in [2.24, 2.45) is 0 Å². The van der Waals surface area contributed by atoms with Gasteiger partial charge in [-0.3, -0.25) is 0 Å². The van der Waals surface area contributed by atoms with Crippen molar-refractivity contribution in [1.82, 2.24) is 4.57 Å². The summed E-state index contributed by atoms with van der Waals surface area (Å²) in [7, 11) is 0. The predicted octanol–water partition coefficient (Wildman–Crippen LogP) is 16.7. The van der Waals surface area contributed by atoms with Crippen LogP contribution in [0.3, 0.4) is 0 Å². The lowest BCUT2D eigenvalue weighted by molar-refractivity contribution is 0.660. The van der Waals surface area contributed by atoms with E-state index in [0.717, 1.165) is 33.9 Å². The minimum absolute atomic E-state index is 0.129. The smallest absolute Gasteiger partial charge is 0.0547 e. The summed E-state index contributed by atoms with van der Waals surface area (Å²) >= 11 is 0. The molecule has 0 spiro atoms. The van der Waals surface area contributed by atoms with E-state index in [4.69, 9.17) is 0 Å². The largest absolute Gasteiger partial charge is 0.310 e. The fourth-order valence-corrected chi connectivity index (χ4v) is 10.4. The van der Waals surface area contributed by atoms with Crippen molar-refractivity contribution in [3.63, 3.8) is 0 Å². The first kappa shape index (κ1) is 36.9. The molecule has 298 valence electrons. The SMILES string of the molecule is CC1(C)c2ccccc2-c2ccc(N(c3cccc(-c4cccc(-n5c6cccc(-c7ccccc7)c6c6c7ccccc7ccc65)c4)c3)c3ccccc3-c3ccccc3)cc21. The third-order valence-electron chi connectivity index (χ3n) is 13.4. The summed E-state index contributed by atoms with van der Waals surface area (Å²) in [4.78, 5) is 2.46. The van der Waals surface area contributed by atoms with Crippen molar-refractivity contribution in [3.8, 4) is 50.2 Å². The van der Waals surface area contributed by atoms with E-state index in [9.17, 15) is 0 Å². The second-order valence-electron chi connectivity index (χ2n) is 17.3. The van der Waals surface area contributed by atoms with Crippen molar-refractivity contribution >= 4 is 49.6 Å². The molecule has 0 radical (unpaired) electrons. The van der Waals surface area contributed by atoms with Crippen molar-refractivity contribution in [2.75, 3.05) is 4.90 Å². The van der Waals surface area contributed by atoms with Gasteiger partial charge in [0.2, 0.25) is 0 Å². The molecule has 11 aromatic rings. The Morgan fingerprint density at radius 1 is 0.365 bits per heavy atom. The van der Waals surface area contributed by atoms with Gasteiger partial charge in [-0.25, -0.2) is 0 Å². The van der Waals surface area contributed by atoms with Crippen LogP contribution < -0.4 is 4.90 Å². The van der Waals surface area contributed by atoms with Crippen LogP contribution in [0.1, 0.15) is 25.0 Å². The fourth-order valence-electron chi connectivity index (χ4n) is 10.4. The van der Waals surface area contributed by atoms with Gasteiger partial charge in [-0.15, -0.1) is 0 Å². The van der Waals surface area contributed by atoms with Gasteiger partial charge in [0, 0.05) is 38.8 Å². The molecule has 0 saturated carbocycles. The Balaban J connectivity index is 1.04. The number of fused-ring (bicyclic) bond motifs is 8. The van der Waals surface area contributed by atoms with Crippen molar-refractivity contribution in [2.45, 2.75) is 19.3 Å². The van der Waals surface area contributed by atoms with E-state index >= 15 is 0 Å². The van der Waals surface area contributed by atoms with Gasteiger partial charge in [0.25, 0.3) is 0 Å². The third kappa shape index (κ3) is 5.94. The summed E-state index contributed by atoms with van der Waals surface area (Å²) < 4.78 is 2.46. The van der Waals surface area contributed by atoms with Crippen molar-refractivity contribution < 1.29 is 0 Å². The van der Waals surface area contributed by atoms with E-state index in [1.165, 1.54) is 77.1 Å². The Morgan fingerprint density at radius 3 is 1.78 bits per heavy atom. The number of hydrogen-bond donors (Lipinski definition) is 0. The molecule has 0 amide bonds. The quantitative estimate of drug-likeness (QED) is 0.156. The zero-order valence-corrected chi connectivity index (χ0v) is 35.3. The number of aromatic nitrogens is 1. The summed E-state index contributed by atoms with van der Waals surface area (Å²) in [6, 6.07) is 84.6. The molecule has 0 N–H and O–H groups in total. The maximum absolute atomic E-state index is 2.46. The third-order valence-corrected chi connectivity index (χ3v) is 13.4. The molecule has 0 saturated heterocycles. The average molecular weight is 805 g/mol. The lowest BCUT2D eigenvalue weighted by Crippen LogP contribution is -2.17. The minimum atomic E-state index is -0.129. The van der Waals surface area contributed by atoms with E-state index in [2.05, 4.69) is 254 Å². The number of para-hydroxylation sites is 1. The molecule has 2 nitrogen and oxygen atoms in total.